The fourth-order valence-corrected chi connectivity index (χ4v) is 3.46. The molecule has 0 atom stereocenters. The summed E-state index contributed by atoms with van der Waals surface area (Å²) in [5, 5.41) is 30.5. The minimum absolute atomic E-state index is 0.0174. The SMILES string of the molecule is N#Cc1c(COc2ccc(-n3ccnn3)cc2F)cnn1C1CCN(C(=O)O)CC1. The van der Waals surface area contributed by atoms with Gasteiger partial charge in [-0.05, 0) is 25.0 Å². The zero-order valence-electron chi connectivity index (χ0n) is 15.8. The van der Waals surface area contributed by atoms with Gasteiger partial charge < -0.3 is 14.7 Å². The summed E-state index contributed by atoms with van der Waals surface area (Å²) in [5.41, 5.74) is 1.39. The third kappa shape index (κ3) is 3.80. The maximum absolute atomic E-state index is 14.4. The summed E-state index contributed by atoms with van der Waals surface area (Å²) < 4.78 is 23.0. The fourth-order valence-electron chi connectivity index (χ4n) is 3.46. The number of piperidine rings is 1. The highest BCUT2D eigenvalue weighted by molar-refractivity contribution is 5.65. The molecule has 30 heavy (non-hydrogen) atoms. The number of hydrogen-bond donors (Lipinski definition) is 1. The summed E-state index contributed by atoms with van der Waals surface area (Å²) in [6, 6.07) is 6.49. The van der Waals surface area contributed by atoms with E-state index in [0.29, 0.717) is 42.9 Å². The number of carbonyl (C=O) groups is 1. The van der Waals surface area contributed by atoms with Crippen LogP contribution in [0.3, 0.4) is 0 Å². The first-order valence-corrected chi connectivity index (χ1v) is 9.30. The molecule has 11 heteroatoms. The first-order valence-electron chi connectivity index (χ1n) is 9.30. The molecule has 1 N–H and O–H groups in total. The summed E-state index contributed by atoms with van der Waals surface area (Å²) >= 11 is 0. The van der Waals surface area contributed by atoms with Gasteiger partial charge in [0.2, 0.25) is 0 Å². The number of hydrogen-bond acceptors (Lipinski definition) is 6. The van der Waals surface area contributed by atoms with Crippen LogP contribution in [0.25, 0.3) is 5.69 Å². The summed E-state index contributed by atoms with van der Waals surface area (Å²) in [6.45, 7) is 0.760. The molecule has 4 rings (SSSR count). The summed E-state index contributed by atoms with van der Waals surface area (Å²) in [4.78, 5) is 12.4. The molecule has 1 aromatic carbocycles. The molecule has 1 saturated heterocycles. The largest absolute Gasteiger partial charge is 0.486 e. The molecule has 3 heterocycles. The topological polar surface area (TPSA) is 122 Å². The van der Waals surface area contributed by atoms with Gasteiger partial charge in [0.1, 0.15) is 18.4 Å². The van der Waals surface area contributed by atoms with E-state index in [4.69, 9.17) is 9.84 Å². The molecule has 2 aromatic heterocycles. The Morgan fingerprint density at radius 1 is 1.37 bits per heavy atom. The number of nitriles is 1. The maximum Gasteiger partial charge on any atom is 0.407 e. The predicted molar refractivity (Wildman–Crippen MR) is 100 cm³/mol. The van der Waals surface area contributed by atoms with Crippen LogP contribution in [0.2, 0.25) is 0 Å². The number of halogens is 1. The van der Waals surface area contributed by atoms with E-state index in [-0.39, 0.29) is 18.4 Å². The number of rotatable bonds is 5. The number of aromatic nitrogens is 5. The lowest BCUT2D eigenvalue weighted by Gasteiger charge is -2.30. The van der Waals surface area contributed by atoms with Crippen molar-refractivity contribution in [3.05, 3.63) is 53.9 Å². The monoisotopic (exact) mass is 411 g/mol. The summed E-state index contributed by atoms with van der Waals surface area (Å²) in [6.07, 6.45) is 4.82. The van der Waals surface area contributed by atoms with Crippen molar-refractivity contribution >= 4 is 6.09 Å². The standard InChI is InChI=1S/C19H18FN7O3/c20-16-9-15(26-8-5-22-24-26)1-2-18(16)30-12-13-11-23-27(17(13)10-21)14-3-6-25(7-4-14)19(28)29/h1-2,5,8-9,11,14H,3-4,6-7,12H2,(H,28,29). The lowest BCUT2D eigenvalue weighted by Crippen LogP contribution is -2.38. The number of carboxylic acid groups (broad SMARTS) is 1. The molecule has 0 unspecified atom stereocenters. The first kappa shape index (κ1) is 19.4. The molecule has 154 valence electrons. The Hall–Kier alpha value is -3.94. The van der Waals surface area contributed by atoms with Gasteiger partial charge in [0.25, 0.3) is 0 Å². The van der Waals surface area contributed by atoms with Gasteiger partial charge in [-0.3, -0.25) is 4.68 Å². The number of benzene rings is 1. The highest BCUT2D eigenvalue weighted by atomic mass is 19.1. The second-order valence-electron chi connectivity index (χ2n) is 6.83. The molecular weight excluding hydrogens is 393 g/mol. The molecule has 1 amide bonds. The second-order valence-corrected chi connectivity index (χ2v) is 6.83. The van der Waals surface area contributed by atoms with Crippen molar-refractivity contribution in [1.82, 2.24) is 29.7 Å². The van der Waals surface area contributed by atoms with Crippen molar-refractivity contribution < 1.29 is 19.0 Å². The molecule has 1 fully saturated rings. The maximum atomic E-state index is 14.4. The van der Waals surface area contributed by atoms with Crippen LogP contribution >= 0.6 is 0 Å². The lowest BCUT2D eigenvalue weighted by molar-refractivity contribution is 0.123. The van der Waals surface area contributed by atoms with Crippen LogP contribution in [0.1, 0.15) is 30.1 Å². The van der Waals surface area contributed by atoms with Gasteiger partial charge in [-0.1, -0.05) is 5.21 Å². The normalized spacial score (nSPS) is 14.5. The minimum atomic E-state index is -0.944. The average Bonchev–Trinajstić information content (AvgIpc) is 3.43. The van der Waals surface area contributed by atoms with E-state index >= 15 is 0 Å². The average molecular weight is 411 g/mol. The Balaban J connectivity index is 1.45. The van der Waals surface area contributed by atoms with Crippen LogP contribution < -0.4 is 4.74 Å². The minimum Gasteiger partial charge on any atom is -0.486 e. The van der Waals surface area contributed by atoms with E-state index in [9.17, 15) is 14.4 Å². The van der Waals surface area contributed by atoms with Gasteiger partial charge in [0.15, 0.2) is 11.6 Å². The van der Waals surface area contributed by atoms with Gasteiger partial charge >= 0.3 is 6.09 Å². The van der Waals surface area contributed by atoms with Crippen LogP contribution in [0.15, 0.2) is 36.8 Å². The van der Waals surface area contributed by atoms with Gasteiger partial charge in [-0.15, -0.1) is 5.10 Å². The molecule has 10 nitrogen and oxygen atoms in total. The zero-order valence-corrected chi connectivity index (χ0v) is 15.8. The van der Waals surface area contributed by atoms with Crippen molar-refractivity contribution in [3.8, 4) is 17.5 Å². The van der Waals surface area contributed by atoms with E-state index in [2.05, 4.69) is 21.5 Å². The Kier molecular flexibility index (Phi) is 5.30. The fraction of sp³-hybridized carbons (Fsp3) is 0.316. The smallest absolute Gasteiger partial charge is 0.407 e. The van der Waals surface area contributed by atoms with Crippen molar-refractivity contribution in [2.24, 2.45) is 0 Å². The lowest BCUT2D eigenvalue weighted by atomic mass is 10.1. The Labute approximate surface area is 170 Å². The Morgan fingerprint density at radius 3 is 2.80 bits per heavy atom. The van der Waals surface area contributed by atoms with E-state index in [0.717, 1.165) is 0 Å². The molecule has 0 radical (unpaired) electrons. The highest BCUT2D eigenvalue weighted by Gasteiger charge is 2.26. The quantitative estimate of drug-likeness (QED) is 0.684. The second kappa shape index (κ2) is 8.20. The van der Waals surface area contributed by atoms with Gasteiger partial charge in [0.05, 0.1) is 30.3 Å². The van der Waals surface area contributed by atoms with Crippen LogP contribution in [-0.4, -0.2) is 54.0 Å². The van der Waals surface area contributed by atoms with Gasteiger partial charge in [-0.25, -0.2) is 13.9 Å². The predicted octanol–water partition coefficient (Wildman–Crippen LogP) is 2.37. The van der Waals surface area contributed by atoms with E-state index < -0.39 is 11.9 Å². The number of likely N-dealkylation sites (tertiary alicyclic amines) is 1. The first-order chi connectivity index (χ1) is 14.6. The van der Waals surface area contributed by atoms with Crippen molar-refractivity contribution in [1.29, 1.82) is 5.26 Å². The van der Waals surface area contributed by atoms with Crippen molar-refractivity contribution in [2.45, 2.75) is 25.5 Å². The number of ether oxygens (including phenoxy) is 1. The van der Waals surface area contributed by atoms with Crippen LogP contribution in [0.5, 0.6) is 5.75 Å². The third-order valence-electron chi connectivity index (χ3n) is 5.04. The van der Waals surface area contributed by atoms with Crippen LogP contribution in [0, 0.1) is 17.1 Å². The third-order valence-corrected chi connectivity index (χ3v) is 5.04. The molecule has 0 spiro atoms. The molecular formula is C19H18FN7O3. The zero-order chi connectivity index (χ0) is 21.1. The summed E-state index contributed by atoms with van der Waals surface area (Å²) in [5.74, 6) is -0.514. The molecule has 0 saturated carbocycles. The summed E-state index contributed by atoms with van der Waals surface area (Å²) in [7, 11) is 0. The van der Waals surface area contributed by atoms with E-state index in [1.165, 1.54) is 34.1 Å². The Morgan fingerprint density at radius 2 is 2.17 bits per heavy atom. The molecule has 0 bridgehead atoms. The Bertz CT molecular complexity index is 1080. The van der Waals surface area contributed by atoms with Crippen molar-refractivity contribution in [2.75, 3.05) is 13.1 Å². The number of nitrogens with zero attached hydrogens (tertiary/aromatic N) is 7. The number of amides is 1. The molecule has 3 aromatic rings. The highest BCUT2D eigenvalue weighted by Crippen LogP contribution is 2.26. The van der Waals surface area contributed by atoms with E-state index in [1.807, 2.05) is 0 Å². The van der Waals surface area contributed by atoms with Gasteiger partial charge in [0, 0.05) is 24.7 Å². The van der Waals surface area contributed by atoms with Crippen LogP contribution in [-0.2, 0) is 6.61 Å². The van der Waals surface area contributed by atoms with E-state index in [1.54, 1.807) is 16.9 Å². The molecule has 0 aliphatic carbocycles. The van der Waals surface area contributed by atoms with Crippen molar-refractivity contribution in [3.63, 3.8) is 0 Å². The van der Waals surface area contributed by atoms with Gasteiger partial charge in [-0.2, -0.15) is 10.4 Å². The van der Waals surface area contributed by atoms with Crippen LogP contribution in [0.4, 0.5) is 9.18 Å². The molecule has 1 aliphatic rings. The molecule has 1 aliphatic heterocycles.